The van der Waals surface area contributed by atoms with E-state index in [9.17, 15) is 4.79 Å². The van der Waals surface area contributed by atoms with Crippen molar-refractivity contribution in [2.75, 3.05) is 38.1 Å². The summed E-state index contributed by atoms with van der Waals surface area (Å²) >= 11 is 1.52. The zero-order chi connectivity index (χ0) is 14.5. The van der Waals surface area contributed by atoms with Crippen molar-refractivity contribution in [3.63, 3.8) is 0 Å². The highest BCUT2D eigenvalue weighted by Gasteiger charge is 2.18. The van der Waals surface area contributed by atoms with Gasteiger partial charge in [0.1, 0.15) is 0 Å². The van der Waals surface area contributed by atoms with Gasteiger partial charge in [-0.25, -0.2) is 4.98 Å². The average molecular weight is 295 g/mol. The summed E-state index contributed by atoms with van der Waals surface area (Å²) in [6.45, 7) is 8.79. The third-order valence-corrected chi connectivity index (χ3v) is 5.24. The fraction of sp³-hybridized carbons (Fsp3) is 0.733. The second-order valence-electron chi connectivity index (χ2n) is 5.64. The molecule has 0 amide bonds. The first-order valence-electron chi connectivity index (χ1n) is 7.55. The summed E-state index contributed by atoms with van der Waals surface area (Å²) in [5, 5.41) is 0.974. The predicted octanol–water partition coefficient (Wildman–Crippen LogP) is 3.00. The minimum Gasteiger partial charge on any atom is -0.350 e. The van der Waals surface area contributed by atoms with E-state index in [1.54, 1.807) is 0 Å². The molecule has 2 heterocycles. The van der Waals surface area contributed by atoms with E-state index in [2.05, 4.69) is 30.7 Å². The van der Waals surface area contributed by atoms with Crippen LogP contribution in [0.25, 0.3) is 0 Å². The summed E-state index contributed by atoms with van der Waals surface area (Å²) in [4.78, 5) is 21.4. The number of aldehydes is 1. The van der Waals surface area contributed by atoms with Crippen molar-refractivity contribution in [2.45, 2.75) is 39.0 Å². The molecule has 0 N–H and O–H groups in total. The van der Waals surface area contributed by atoms with Crippen molar-refractivity contribution in [1.82, 2.24) is 9.88 Å². The molecule has 1 unspecified atom stereocenters. The molecule has 1 fully saturated rings. The van der Waals surface area contributed by atoms with E-state index in [1.807, 2.05) is 0 Å². The minimum absolute atomic E-state index is 0.354. The minimum atomic E-state index is 0.354. The molecule has 0 spiro atoms. The Labute approximate surface area is 125 Å². The van der Waals surface area contributed by atoms with Gasteiger partial charge in [-0.3, -0.25) is 4.79 Å². The van der Waals surface area contributed by atoms with Gasteiger partial charge in [0.05, 0.1) is 10.6 Å². The van der Waals surface area contributed by atoms with Gasteiger partial charge in [0.2, 0.25) is 0 Å². The molecule has 1 aliphatic rings. The van der Waals surface area contributed by atoms with Crippen molar-refractivity contribution >= 4 is 22.8 Å². The van der Waals surface area contributed by atoms with Gasteiger partial charge in [-0.15, -0.1) is 0 Å². The zero-order valence-corrected chi connectivity index (χ0v) is 13.6. The summed E-state index contributed by atoms with van der Waals surface area (Å²) in [6, 6.07) is 0. The molecule has 20 heavy (non-hydrogen) atoms. The van der Waals surface area contributed by atoms with Gasteiger partial charge in [0.15, 0.2) is 11.4 Å². The summed E-state index contributed by atoms with van der Waals surface area (Å²) in [6.07, 6.45) is 4.63. The quantitative estimate of drug-likeness (QED) is 0.725. The largest absolute Gasteiger partial charge is 0.350 e. The number of likely N-dealkylation sites (tertiary alicyclic amines) is 1. The molecule has 112 valence electrons. The number of anilines is 1. The van der Waals surface area contributed by atoms with E-state index < -0.39 is 0 Å². The van der Waals surface area contributed by atoms with Crippen molar-refractivity contribution in [3.8, 4) is 0 Å². The van der Waals surface area contributed by atoms with Gasteiger partial charge in [-0.05, 0) is 38.3 Å². The molecule has 5 heteroatoms. The Kier molecular flexibility index (Phi) is 5.54. The number of thiazole rings is 1. The SMILES string of the molecule is CCC(C)c1nc(N(C)CCN2CCCC2)sc1C=O. The number of aromatic nitrogens is 1. The van der Waals surface area contributed by atoms with E-state index in [4.69, 9.17) is 4.98 Å². The van der Waals surface area contributed by atoms with E-state index in [0.717, 1.165) is 41.5 Å². The molecule has 1 atom stereocenters. The molecule has 1 aliphatic heterocycles. The standard InChI is InChI=1S/C15H25N3OS/c1-4-12(2)14-13(11-19)20-15(16-14)17(3)9-10-18-7-5-6-8-18/h11-12H,4-10H2,1-3H3. The molecule has 0 bridgehead atoms. The molecule has 0 radical (unpaired) electrons. The highest BCUT2D eigenvalue weighted by atomic mass is 32.1. The van der Waals surface area contributed by atoms with Gasteiger partial charge in [-0.1, -0.05) is 25.2 Å². The summed E-state index contributed by atoms with van der Waals surface area (Å²) < 4.78 is 0. The maximum atomic E-state index is 11.2. The second kappa shape index (κ2) is 7.18. The molecule has 4 nitrogen and oxygen atoms in total. The third kappa shape index (κ3) is 3.58. The van der Waals surface area contributed by atoms with Crippen LogP contribution in [0.3, 0.4) is 0 Å². The maximum Gasteiger partial charge on any atom is 0.186 e. The second-order valence-corrected chi connectivity index (χ2v) is 6.65. The lowest BCUT2D eigenvalue weighted by Crippen LogP contribution is -2.31. The highest BCUT2D eigenvalue weighted by Crippen LogP contribution is 2.30. The van der Waals surface area contributed by atoms with Crippen LogP contribution in [-0.2, 0) is 0 Å². The normalized spacial score (nSPS) is 17.4. The van der Waals surface area contributed by atoms with Crippen LogP contribution in [-0.4, -0.2) is 49.4 Å². The first-order chi connectivity index (χ1) is 9.65. The summed E-state index contributed by atoms with van der Waals surface area (Å²) in [5.74, 6) is 0.354. The smallest absolute Gasteiger partial charge is 0.186 e. The van der Waals surface area contributed by atoms with Gasteiger partial charge in [-0.2, -0.15) is 0 Å². The number of carbonyl (C=O) groups excluding carboxylic acids is 1. The molecular weight excluding hydrogens is 270 g/mol. The van der Waals surface area contributed by atoms with E-state index in [0.29, 0.717) is 5.92 Å². The van der Waals surface area contributed by atoms with E-state index in [1.165, 1.54) is 37.3 Å². The first-order valence-corrected chi connectivity index (χ1v) is 8.36. The van der Waals surface area contributed by atoms with Gasteiger partial charge in [0.25, 0.3) is 0 Å². The lowest BCUT2D eigenvalue weighted by atomic mass is 10.0. The molecule has 0 saturated carbocycles. The Hall–Kier alpha value is -0.940. The van der Waals surface area contributed by atoms with Crippen molar-refractivity contribution in [1.29, 1.82) is 0 Å². The van der Waals surface area contributed by atoms with E-state index >= 15 is 0 Å². The number of nitrogens with zero attached hydrogens (tertiary/aromatic N) is 3. The van der Waals surface area contributed by atoms with Crippen molar-refractivity contribution in [3.05, 3.63) is 10.6 Å². The van der Waals surface area contributed by atoms with Crippen LogP contribution < -0.4 is 4.90 Å². The molecule has 0 aromatic carbocycles. The maximum absolute atomic E-state index is 11.2. The number of hydrogen-bond donors (Lipinski definition) is 0. The fourth-order valence-electron chi connectivity index (χ4n) is 2.52. The van der Waals surface area contributed by atoms with Crippen LogP contribution in [0.4, 0.5) is 5.13 Å². The Morgan fingerprint density at radius 3 is 2.75 bits per heavy atom. The topological polar surface area (TPSA) is 36.4 Å². The average Bonchev–Trinajstić information content (AvgIpc) is 3.12. The lowest BCUT2D eigenvalue weighted by molar-refractivity contribution is 0.112. The number of hydrogen-bond acceptors (Lipinski definition) is 5. The number of carbonyl (C=O) groups is 1. The third-order valence-electron chi connectivity index (χ3n) is 4.13. The van der Waals surface area contributed by atoms with Crippen LogP contribution >= 0.6 is 11.3 Å². The van der Waals surface area contributed by atoms with Gasteiger partial charge >= 0.3 is 0 Å². The van der Waals surface area contributed by atoms with Crippen molar-refractivity contribution < 1.29 is 4.79 Å². The lowest BCUT2D eigenvalue weighted by Gasteiger charge is -2.20. The molecule has 1 aromatic rings. The summed E-state index contributed by atoms with van der Waals surface area (Å²) in [5.41, 5.74) is 0.968. The molecule has 1 saturated heterocycles. The zero-order valence-electron chi connectivity index (χ0n) is 12.8. The monoisotopic (exact) mass is 295 g/mol. The number of likely N-dealkylation sites (N-methyl/N-ethyl adjacent to an activating group) is 1. The molecule has 0 aliphatic carbocycles. The Balaban J connectivity index is 1.99. The van der Waals surface area contributed by atoms with Crippen LogP contribution in [0.2, 0.25) is 0 Å². The molecule has 1 aromatic heterocycles. The van der Waals surface area contributed by atoms with Crippen LogP contribution in [0.15, 0.2) is 0 Å². The van der Waals surface area contributed by atoms with Gasteiger partial charge in [0, 0.05) is 20.1 Å². The predicted molar refractivity (Wildman–Crippen MR) is 85.2 cm³/mol. The highest BCUT2D eigenvalue weighted by molar-refractivity contribution is 7.17. The summed E-state index contributed by atoms with van der Waals surface area (Å²) in [7, 11) is 2.07. The molecule has 2 rings (SSSR count). The van der Waals surface area contributed by atoms with Gasteiger partial charge < -0.3 is 9.80 Å². The Morgan fingerprint density at radius 1 is 1.45 bits per heavy atom. The Bertz CT molecular complexity index is 440. The van der Waals surface area contributed by atoms with E-state index in [-0.39, 0.29) is 0 Å². The van der Waals surface area contributed by atoms with Crippen LogP contribution in [0, 0.1) is 0 Å². The Morgan fingerprint density at radius 2 is 2.15 bits per heavy atom. The number of rotatable bonds is 7. The van der Waals surface area contributed by atoms with Crippen molar-refractivity contribution in [2.24, 2.45) is 0 Å². The molecular formula is C15H25N3OS. The van der Waals surface area contributed by atoms with Crippen LogP contribution in [0.5, 0.6) is 0 Å². The fourth-order valence-corrected chi connectivity index (χ4v) is 3.51. The first kappa shape index (κ1) is 15.4. The van der Waals surface area contributed by atoms with Crippen LogP contribution in [0.1, 0.15) is 54.4 Å².